The van der Waals surface area contributed by atoms with Gasteiger partial charge in [-0.05, 0) is 72.7 Å². The number of halogens is 1. The Hall–Kier alpha value is -2.55. The third-order valence-corrected chi connectivity index (χ3v) is 5.12. The van der Waals surface area contributed by atoms with Gasteiger partial charge in [-0.3, -0.25) is 9.69 Å². The number of benzene rings is 2. The lowest BCUT2D eigenvalue weighted by Crippen LogP contribution is -2.30. The summed E-state index contributed by atoms with van der Waals surface area (Å²) in [5, 5.41) is 2.67. The number of aryl methyl sites for hydroxylation is 1. The Morgan fingerprint density at radius 2 is 1.86 bits per heavy atom. The van der Waals surface area contributed by atoms with E-state index >= 15 is 0 Å². The van der Waals surface area contributed by atoms with Crippen molar-refractivity contribution in [2.45, 2.75) is 27.3 Å². The van der Waals surface area contributed by atoms with Crippen molar-refractivity contribution in [1.29, 1.82) is 0 Å². The molecule has 0 radical (unpaired) electrons. The Balaban J connectivity index is 1.87. The third-order valence-electron chi connectivity index (χ3n) is 4.32. The van der Waals surface area contributed by atoms with Gasteiger partial charge in [-0.15, -0.1) is 0 Å². The molecule has 3 amide bonds. The lowest BCUT2D eigenvalue weighted by atomic mass is 10.1. The summed E-state index contributed by atoms with van der Waals surface area (Å²) >= 11 is 2.18. The zero-order valence-corrected chi connectivity index (χ0v) is 18.8. The third kappa shape index (κ3) is 4.90. The van der Waals surface area contributed by atoms with Crippen LogP contribution in [0, 0.1) is 10.5 Å². The van der Waals surface area contributed by atoms with Gasteiger partial charge in [0.2, 0.25) is 0 Å². The van der Waals surface area contributed by atoms with Crippen LogP contribution in [0.2, 0.25) is 0 Å². The fourth-order valence-corrected chi connectivity index (χ4v) is 3.87. The number of rotatable bonds is 7. The maximum absolute atomic E-state index is 12.8. The van der Waals surface area contributed by atoms with Gasteiger partial charge in [-0.25, -0.2) is 4.79 Å². The van der Waals surface area contributed by atoms with Crippen molar-refractivity contribution < 1.29 is 19.1 Å². The molecule has 1 saturated heterocycles. The number of amides is 3. The smallest absolute Gasteiger partial charge is 0.329 e. The van der Waals surface area contributed by atoms with Crippen molar-refractivity contribution in [1.82, 2.24) is 10.2 Å². The van der Waals surface area contributed by atoms with E-state index in [0.29, 0.717) is 24.7 Å². The predicted molar refractivity (Wildman–Crippen MR) is 120 cm³/mol. The van der Waals surface area contributed by atoms with Gasteiger partial charge in [0.05, 0.1) is 23.3 Å². The average molecular weight is 506 g/mol. The second-order valence-electron chi connectivity index (χ2n) is 6.56. The molecule has 0 bridgehead atoms. The maximum atomic E-state index is 12.8. The molecule has 152 valence electrons. The van der Waals surface area contributed by atoms with Crippen molar-refractivity contribution >= 4 is 40.6 Å². The molecule has 3 rings (SSSR count). The molecule has 1 aliphatic rings. The van der Waals surface area contributed by atoms with Crippen LogP contribution in [0.25, 0.3) is 6.08 Å². The molecule has 7 heteroatoms. The molecule has 1 fully saturated rings. The standard InChI is InChI=1S/C22H23IN2O4/c1-4-28-19-12-16(10-17(23)20(19)29-5-2)11-18-21(26)25(22(27)24-18)13-15-8-6-7-14(3)9-15/h6-12H,4-5,13H2,1-3H3,(H,24,27)/b18-11+. The average Bonchev–Trinajstić information content (AvgIpc) is 2.92. The van der Waals surface area contributed by atoms with Crippen LogP contribution in [0.4, 0.5) is 4.79 Å². The highest BCUT2D eigenvalue weighted by Crippen LogP contribution is 2.35. The summed E-state index contributed by atoms with van der Waals surface area (Å²) in [6.07, 6.45) is 1.66. The van der Waals surface area contributed by atoms with E-state index in [9.17, 15) is 9.59 Å². The maximum Gasteiger partial charge on any atom is 0.329 e. The highest BCUT2D eigenvalue weighted by atomic mass is 127. The lowest BCUT2D eigenvalue weighted by molar-refractivity contribution is -0.123. The first kappa shape index (κ1) is 21.2. The fraction of sp³-hybridized carbons (Fsp3) is 0.273. The minimum atomic E-state index is -0.423. The van der Waals surface area contributed by atoms with Crippen LogP contribution in [0.1, 0.15) is 30.5 Å². The Bertz CT molecular complexity index is 971. The molecule has 1 heterocycles. The highest BCUT2D eigenvalue weighted by Gasteiger charge is 2.33. The summed E-state index contributed by atoms with van der Waals surface area (Å²) in [7, 11) is 0. The van der Waals surface area contributed by atoms with Crippen molar-refractivity contribution in [3.05, 3.63) is 62.4 Å². The minimum Gasteiger partial charge on any atom is -0.490 e. The van der Waals surface area contributed by atoms with Crippen LogP contribution in [0.3, 0.4) is 0 Å². The number of carbonyl (C=O) groups excluding carboxylic acids is 2. The van der Waals surface area contributed by atoms with Crippen molar-refractivity contribution in [2.24, 2.45) is 0 Å². The van der Waals surface area contributed by atoms with Crippen LogP contribution >= 0.6 is 22.6 Å². The Labute approximate surface area is 184 Å². The van der Waals surface area contributed by atoms with E-state index < -0.39 is 6.03 Å². The van der Waals surface area contributed by atoms with Crippen molar-refractivity contribution in [3.63, 3.8) is 0 Å². The topological polar surface area (TPSA) is 67.9 Å². The first-order valence-corrected chi connectivity index (χ1v) is 10.5. The number of nitrogens with zero attached hydrogens (tertiary/aromatic N) is 1. The van der Waals surface area contributed by atoms with Gasteiger partial charge in [-0.1, -0.05) is 29.8 Å². The fourth-order valence-electron chi connectivity index (χ4n) is 3.09. The predicted octanol–water partition coefficient (Wildman–Crippen LogP) is 4.49. The summed E-state index contributed by atoms with van der Waals surface area (Å²) < 4.78 is 12.2. The van der Waals surface area contributed by atoms with Gasteiger partial charge in [0, 0.05) is 0 Å². The van der Waals surface area contributed by atoms with Crippen LogP contribution in [0.15, 0.2) is 42.1 Å². The molecule has 6 nitrogen and oxygen atoms in total. The Kier molecular flexibility index (Phi) is 6.79. The number of nitrogens with one attached hydrogen (secondary N) is 1. The monoisotopic (exact) mass is 506 g/mol. The van der Waals surface area contributed by atoms with Crippen LogP contribution in [-0.4, -0.2) is 30.1 Å². The summed E-state index contributed by atoms with van der Waals surface area (Å²) in [5.74, 6) is 0.944. The van der Waals surface area contributed by atoms with Crippen LogP contribution in [-0.2, 0) is 11.3 Å². The van der Waals surface area contributed by atoms with Crippen molar-refractivity contribution in [3.8, 4) is 11.5 Å². The molecule has 29 heavy (non-hydrogen) atoms. The SMILES string of the molecule is CCOc1cc(/C=C2/NC(=O)N(Cc3cccc(C)c3)C2=O)cc(I)c1OCC. The molecule has 0 saturated carbocycles. The second-order valence-corrected chi connectivity index (χ2v) is 7.73. The molecular formula is C22H23IN2O4. The van der Waals surface area contributed by atoms with E-state index in [2.05, 4.69) is 27.9 Å². The van der Waals surface area contributed by atoms with E-state index in [4.69, 9.17) is 9.47 Å². The molecule has 0 unspecified atom stereocenters. The van der Waals surface area contributed by atoms with E-state index in [1.807, 2.05) is 57.2 Å². The molecule has 1 N–H and O–H groups in total. The second kappa shape index (κ2) is 9.30. The Morgan fingerprint density at radius 1 is 1.10 bits per heavy atom. The largest absolute Gasteiger partial charge is 0.490 e. The molecule has 0 aliphatic carbocycles. The molecule has 0 aromatic heterocycles. The number of ether oxygens (including phenoxy) is 2. The Morgan fingerprint density at radius 3 is 2.55 bits per heavy atom. The highest BCUT2D eigenvalue weighted by molar-refractivity contribution is 14.1. The number of imide groups is 1. The molecular weight excluding hydrogens is 483 g/mol. The molecule has 2 aromatic carbocycles. The number of hydrogen-bond donors (Lipinski definition) is 1. The molecule has 2 aromatic rings. The van der Waals surface area contributed by atoms with E-state index in [0.717, 1.165) is 20.3 Å². The van der Waals surface area contributed by atoms with Crippen molar-refractivity contribution in [2.75, 3.05) is 13.2 Å². The van der Waals surface area contributed by atoms with Gasteiger partial charge in [0.1, 0.15) is 5.70 Å². The van der Waals surface area contributed by atoms with Gasteiger partial charge >= 0.3 is 6.03 Å². The van der Waals surface area contributed by atoms with Gasteiger partial charge in [0.15, 0.2) is 11.5 Å². The van der Waals surface area contributed by atoms with E-state index in [-0.39, 0.29) is 18.1 Å². The summed E-state index contributed by atoms with van der Waals surface area (Å²) in [6, 6.07) is 11.0. The summed E-state index contributed by atoms with van der Waals surface area (Å²) in [4.78, 5) is 26.4. The van der Waals surface area contributed by atoms with E-state index in [1.165, 1.54) is 4.90 Å². The zero-order chi connectivity index (χ0) is 21.0. The normalized spacial score (nSPS) is 15.0. The summed E-state index contributed by atoms with van der Waals surface area (Å²) in [5.41, 5.74) is 2.98. The molecule has 0 spiro atoms. The summed E-state index contributed by atoms with van der Waals surface area (Å²) in [6.45, 7) is 7.04. The number of urea groups is 1. The molecule has 0 atom stereocenters. The van der Waals surface area contributed by atoms with Gasteiger partial charge in [0.25, 0.3) is 5.91 Å². The van der Waals surface area contributed by atoms with Crippen LogP contribution < -0.4 is 14.8 Å². The van der Waals surface area contributed by atoms with E-state index in [1.54, 1.807) is 6.08 Å². The first-order chi connectivity index (χ1) is 13.9. The van der Waals surface area contributed by atoms with Crippen LogP contribution in [0.5, 0.6) is 11.5 Å². The number of carbonyl (C=O) groups is 2. The quantitative estimate of drug-likeness (QED) is 0.342. The number of hydrogen-bond acceptors (Lipinski definition) is 4. The minimum absolute atomic E-state index is 0.231. The first-order valence-electron chi connectivity index (χ1n) is 9.42. The lowest BCUT2D eigenvalue weighted by Gasteiger charge is -2.14. The van der Waals surface area contributed by atoms with Gasteiger partial charge in [-0.2, -0.15) is 0 Å². The zero-order valence-electron chi connectivity index (χ0n) is 16.6. The molecule has 1 aliphatic heterocycles. The van der Waals surface area contributed by atoms with Gasteiger partial charge < -0.3 is 14.8 Å².